The molecule has 0 aromatic heterocycles. The molecule has 0 aliphatic heterocycles. The van der Waals surface area contributed by atoms with Gasteiger partial charge in [0, 0.05) is 27.7 Å². The second kappa shape index (κ2) is 9.57. The second-order valence-electron chi connectivity index (χ2n) is 5.94. The molecule has 0 radical (unpaired) electrons. The molecule has 0 spiro atoms. The first-order valence-electron chi connectivity index (χ1n) is 8.58. The van der Waals surface area contributed by atoms with E-state index in [0.717, 1.165) is 4.47 Å². The van der Waals surface area contributed by atoms with E-state index in [4.69, 9.17) is 4.74 Å². The van der Waals surface area contributed by atoms with Gasteiger partial charge in [0.2, 0.25) is 0 Å². The van der Waals surface area contributed by atoms with Crippen molar-refractivity contribution in [2.45, 2.75) is 0 Å². The Kier molecular flexibility index (Phi) is 6.66. The number of halogens is 1. The van der Waals surface area contributed by atoms with Crippen molar-refractivity contribution in [3.05, 3.63) is 104 Å². The molecule has 8 nitrogen and oxygen atoms in total. The molecule has 0 saturated heterocycles. The molecular formula is C21H14BrN3O5. The van der Waals surface area contributed by atoms with Gasteiger partial charge in [0.15, 0.2) is 0 Å². The van der Waals surface area contributed by atoms with Crippen LogP contribution < -0.4 is 10.2 Å². The van der Waals surface area contributed by atoms with Crippen LogP contribution in [0.15, 0.2) is 82.4 Å². The second-order valence-corrected chi connectivity index (χ2v) is 6.86. The van der Waals surface area contributed by atoms with Gasteiger partial charge in [-0.05, 0) is 42.5 Å². The largest absolute Gasteiger partial charge is 0.422 e. The van der Waals surface area contributed by atoms with Gasteiger partial charge in [0.1, 0.15) is 5.75 Å². The summed E-state index contributed by atoms with van der Waals surface area (Å²) < 4.78 is 6.16. The van der Waals surface area contributed by atoms with E-state index in [2.05, 4.69) is 26.5 Å². The van der Waals surface area contributed by atoms with E-state index in [1.807, 2.05) is 0 Å². The number of rotatable bonds is 6. The van der Waals surface area contributed by atoms with Crippen LogP contribution in [0.1, 0.15) is 26.3 Å². The Morgan fingerprint density at radius 2 is 1.70 bits per heavy atom. The maximum Gasteiger partial charge on any atom is 0.343 e. The zero-order valence-electron chi connectivity index (χ0n) is 15.3. The first-order chi connectivity index (χ1) is 14.4. The predicted molar refractivity (Wildman–Crippen MR) is 114 cm³/mol. The number of carbonyl (C=O) groups is 2. The van der Waals surface area contributed by atoms with Gasteiger partial charge in [-0.25, -0.2) is 10.2 Å². The van der Waals surface area contributed by atoms with Gasteiger partial charge in [0.05, 0.1) is 16.7 Å². The summed E-state index contributed by atoms with van der Waals surface area (Å²) in [6, 6.07) is 18.6. The van der Waals surface area contributed by atoms with Crippen molar-refractivity contribution in [3.63, 3.8) is 0 Å². The average molecular weight is 468 g/mol. The zero-order chi connectivity index (χ0) is 21.5. The van der Waals surface area contributed by atoms with Crippen LogP contribution in [0.4, 0.5) is 5.69 Å². The fourth-order valence-corrected chi connectivity index (χ4v) is 2.78. The van der Waals surface area contributed by atoms with Crippen molar-refractivity contribution in [2.75, 3.05) is 0 Å². The van der Waals surface area contributed by atoms with E-state index in [9.17, 15) is 19.7 Å². The van der Waals surface area contributed by atoms with Crippen molar-refractivity contribution in [1.29, 1.82) is 0 Å². The minimum atomic E-state index is -0.550. The Labute approximate surface area is 179 Å². The molecule has 150 valence electrons. The number of nitrogens with one attached hydrogen (secondary N) is 1. The van der Waals surface area contributed by atoms with Crippen molar-refractivity contribution >= 4 is 39.7 Å². The highest BCUT2D eigenvalue weighted by atomic mass is 79.9. The zero-order valence-corrected chi connectivity index (χ0v) is 16.9. The molecule has 0 heterocycles. The van der Waals surface area contributed by atoms with E-state index < -0.39 is 16.8 Å². The summed E-state index contributed by atoms with van der Waals surface area (Å²) >= 11 is 3.34. The number of nitro benzene ring substituents is 1. The molecule has 0 aliphatic rings. The van der Waals surface area contributed by atoms with Gasteiger partial charge in [-0.15, -0.1) is 0 Å². The molecule has 0 saturated carbocycles. The number of hydrogen-bond acceptors (Lipinski definition) is 6. The highest BCUT2D eigenvalue weighted by Gasteiger charge is 2.12. The molecule has 3 aromatic carbocycles. The van der Waals surface area contributed by atoms with E-state index in [-0.39, 0.29) is 17.0 Å². The summed E-state index contributed by atoms with van der Waals surface area (Å²) in [7, 11) is 0. The summed E-state index contributed by atoms with van der Waals surface area (Å²) in [5.74, 6) is -0.804. The number of hydrogen-bond donors (Lipinski definition) is 1. The number of nitro groups is 1. The van der Waals surface area contributed by atoms with Gasteiger partial charge < -0.3 is 4.74 Å². The minimum absolute atomic E-state index is 0.117. The molecule has 0 aliphatic carbocycles. The van der Waals surface area contributed by atoms with Gasteiger partial charge in [-0.2, -0.15) is 5.10 Å². The molecule has 0 fully saturated rings. The summed E-state index contributed by atoms with van der Waals surface area (Å²) in [5.41, 5.74) is 3.28. The molecule has 9 heteroatoms. The number of hydrazone groups is 1. The normalized spacial score (nSPS) is 10.6. The van der Waals surface area contributed by atoms with Gasteiger partial charge in [0.25, 0.3) is 11.6 Å². The van der Waals surface area contributed by atoms with Crippen LogP contribution in [0.25, 0.3) is 0 Å². The number of benzene rings is 3. The maximum absolute atomic E-state index is 12.3. The Morgan fingerprint density at radius 3 is 2.37 bits per heavy atom. The highest BCUT2D eigenvalue weighted by Crippen LogP contribution is 2.23. The fourth-order valence-electron chi connectivity index (χ4n) is 2.41. The first-order valence-corrected chi connectivity index (χ1v) is 9.38. The SMILES string of the molecule is O=C(N/N=C/c1cc(Br)ccc1OC(=O)c1ccccc1)c1ccc([N+](=O)[O-])cc1. The third-order valence-electron chi connectivity index (χ3n) is 3.89. The number of nitrogens with zero attached hydrogens (tertiary/aromatic N) is 2. The lowest BCUT2D eigenvalue weighted by atomic mass is 10.2. The Morgan fingerprint density at radius 1 is 1.00 bits per heavy atom. The quantitative estimate of drug-likeness (QED) is 0.190. The van der Waals surface area contributed by atoms with Crippen LogP contribution in [-0.4, -0.2) is 23.0 Å². The van der Waals surface area contributed by atoms with Crippen LogP contribution in [0.3, 0.4) is 0 Å². The summed E-state index contributed by atoms with van der Waals surface area (Å²) in [5, 5.41) is 14.6. The molecule has 0 bridgehead atoms. The highest BCUT2D eigenvalue weighted by molar-refractivity contribution is 9.10. The van der Waals surface area contributed by atoms with Crippen molar-refractivity contribution in [2.24, 2.45) is 5.10 Å². The van der Waals surface area contributed by atoms with Crippen LogP contribution in [0.5, 0.6) is 5.75 Å². The van der Waals surface area contributed by atoms with Crippen molar-refractivity contribution in [1.82, 2.24) is 5.43 Å². The van der Waals surface area contributed by atoms with Crippen LogP contribution in [-0.2, 0) is 0 Å². The molecule has 1 amide bonds. The Bertz CT molecular complexity index is 1120. The molecule has 3 aromatic rings. The van der Waals surface area contributed by atoms with E-state index in [1.165, 1.54) is 30.5 Å². The van der Waals surface area contributed by atoms with E-state index in [1.54, 1.807) is 48.5 Å². The number of ether oxygens (including phenoxy) is 1. The van der Waals surface area contributed by atoms with Crippen molar-refractivity contribution in [3.8, 4) is 5.75 Å². The lowest BCUT2D eigenvalue weighted by Gasteiger charge is -2.08. The molecule has 1 N–H and O–H groups in total. The smallest absolute Gasteiger partial charge is 0.343 e. The third-order valence-corrected chi connectivity index (χ3v) is 4.39. The topological polar surface area (TPSA) is 111 Å². The van der Waals surface area contributed by atoms with Gasteiger partial charge in [-0.3, -0.25) is 14.9 Å². The number of esters is 1. The average Bonchev–Trinajstić information content (AvgIpc) is 2.76. The standard InChI is InChI=1S/C21H14BrN3O5/c22-17-8-11-19(30-21(27)15-4-2-1-3-5-15)16(12-17)13-23-24-20(26)14-6-9-18(10-7-14)25(28)29/h1-13H,(H,24,26)/b23-13+. The molecule has 30 heavy (non-hydrogen) atoms. The minimum Gasteiger partial charge on any atom is -0.422 e. The molecular weight excluding hydrogens is 454 g/mol. The lowest BCUT2D eigenvalue weighted by Crippen LogP contribution is -2.17. The monoisotopic (exact) mass is 467 g/mol. The van der Waals surface area contributed by atoms with E-state index in [0.29, 0.717) is 11.1 Å². The summed E-state index contributed by atoms with van der Waals surface area (Å²) in [4.78, 5) is 34.6. The van der Waals surface area contributed by atoms with Gasteiger partial charge in [-0.1, -0.05) is 34.1 Å². The fraction of sp³-hybridized carbons (Fsp3) is 0. The number of amides is 1. The maximum atomic E-state index is 12.3. The third kappa shape index (κ3) is 5.36. The Balaban J connectivity index is 1.71. The number of carbonyl (C=O) groups excluding carboxylic acids is 2. The van der Waals surface area contributed by atoms with Crippen LogP contribution in [0.2, 0.25) is 0 Å². The first kappa shape index (κ1) is 20.9. The molecule has 0 unspecified atom stereocenters. The number of non-ortho nitro benzene ring substituents is 1. The summed E-state index contributed by atoms with van der Waals surface area (Å²) in [6.07, 6.45) is 1.33. The summed E-state index contributed by atoms with van der Waals surface area (Å²) in [6.45, 7) is 0. The molecule has 3 rings (SSSR count). The Hall–Kier alpha value is -3.85. The molecule has 0 atom stereocenters. The van der Waals surface area contributed by atoms with Crippen LogP contribution in [0, 0.1) is 10.1 Å². The van der Waals surface area contributed by atoms with Crippen molar-refractivity contribution < 1.29 is 19.2 Å². The van der Waals surface area contributed by atoms with Gasteiger partial charge >= 0.3 is 5.97 Å². The lowest BCUT2D eigenvalue weighted by molar-refractivity contribution is -0.384. The van der Waals surface area contributed by atoms with Crippen LogP contribution >= 0.6 is 15.9 Å². The predicted octanol–water partition coefficient (Wildman–Crippen LogP) is 4.34. The van der Waals surface area contributed by atoms with E-state index >= 15 is 0 Å².